The van der Waals surface area contributed by atoms with Crippen LogP contribution in [0.2, 0.25) is 0 Å². The van der Waals surface area contributed by atoms with Gasteiger partial charge >= 0.3 is 0 Å². The average molecular weight is 348 g/mol. The van der Waals surface area contributed by atoms with E-state index in [4.69, 9.17) is 5.73 Å². The molecule has 100 valence electrons. The summed E-state index contributed by atoms with van der Waals surface area (Å²) in [5.74, 6) is -0.154. The molecular formula is C14H10BrN3OS. The summed E-state index contributed by atoms with van der Waals surface area (Å²) in [4.78, 5) is 16.9. The number of anilines is 2. The minimum absolute atomic E-state index is 0.154. The van der Waals surface area contributed by atoms with Crippen LogP contribution in [0.25, 0.3) is 10.1 Å². The largest absolute Gasteiger partial charge is 0.399 e. The van der Waals surface area contributed by atoms with Crippen molar-refractivity contribution in [2.24, 2.45) is 0 Å². The molecule has 0 fully saturated rings. The van der Waals surface area contributed by atoms with E-state index in [1.807, 2.05) is 24.3 Å². The van der Waals surface area contributed by atoms with Crippen LogP contribution in [0.3, 0.4) is 0 Å². The molecule has 6 heteroatoms. The highest BCUT2D eigenvalue weighted by molar-refractivity contribution is 9.10. The molecule has 0 atom stereocenters. The topological polar surface area (TPSA) is 68.0 Å². The predicted octanol–water partition coefficient (Wildman–Crippen LogP) is 3.89. The maximum atomic E-state index is 12.2. The molecule has 0 aliphatic heterocycles. The second-order valence-corrected chi connectivity index (χ2v) is 6.04. The van der Waals surface area contributed by atoms with Gasteiger partial charge in [0.25, 0.3) is 5.91 Å². The number of hydrogen-bond acceptors (Lipinski definition) is 4. The summed E-state index contributed by atoms with van der Waals surface area (Å²) in [6.45, 7) is 0. The van der Waals surface area contributed by atoms with Gasteiger partial charge < -0.3 is 11.1 Å². The van der Waals surface area contributed by atoms with Gasteiger partial charge in [-0.3, -0.25) is 4.79 Å². The molecular weight excluding hydrogens is 338 g/mol. The number of nitrogens with zero attached hydrogens (tertiary/aromatic N) is 1. The first kappa shape index (κ1) is 13.1. The van der Waals surface area contributed by atoms with E-state index in [1.54, 1.807) is 18.3 Å². The van der Waals surface area contributed by atoms with Crippen LogP contribution in [-0.2, 0) is 0 Å². The van der Waals surface area contributed by atoms with E-state index in [9.17, 15) is 4.79 Å². The Balaban J connectivity index is 1.91. The molecule has 4 nitrogen and oxygen atoms in total. The van der Waals surface area contributed by atoms with Gasteiger partial charge in [0.1, 0.15) is 4.60 Å². The zero-order chi connectivity index (χ0) is 14.1. The highest BCUT2D eigenvalue weighted by atomic mass is 79.9. The molecule has 0 saturated heterocycles. The summed E-state index contributed by atoms with van der Waals surface area (Å²) in [5, 5.41) is 3.81. The lowest BCUT2D eigenvalue weighted by atomic mass is 10.2. The van der Waals surface area contributed by atoms with Crippen LogP contribution in [0.5, 0.6) is 0 Å². The van der Waals surface area contributed by atoms with Crippen molar-refractivity contribution in [3.05, 3.63) is 52.1 Å². The summed E-state index contributed by atoms with van der Waals surface area (Å²) in [6.07, 6.45) is 1.65. The minimum Gasteiger partial charge on any atom is -0.399 e. The number of pyridine rings is 1. The fourth-order valence-corrected chi connectivity index (χ4v) is 3.12. The molecule has 1 amide bonds. The summed E-state index contributed by atoms with van der Waals surface area (Å²) >= 11 is 4.74. The number of rotatable bonds is 2. The summed E-state index contributed by atoms with van der Waals surface area (Å²) in [6, 6.07) is 11.0. The molecule has 2 aromatic heterocycles. The molecule has 3 rings (SSSR count). The third kappa shape index (κ3) is 2.52. The van der Waals surface area contributed by atoms with Gasteiger partial charge in [-0.1, -0.05) is 0 Å². The van der Waals surface area contributed by atoms with E-state index in [1.165, 1.54) is 11.3 Å². The zero-order valence-corrected chi connectivity index (χ0v) is 12.7. The van der Waals surface area contributed by atoms with E-state index in [-0.39, 0.29) is 5.91 Å². The first-order chi connectivity index (χ1) is 9.63. The van der Waals surface area contributed by atoms with Crippen molar-refractivity contribution in [3.8, 4) is 0 Å². The number of thiophene rings is 1. The first-order valence-corrected chi connectivity index (χ1v) is 7.45. The SMILES string of the molecule is Nc1ccc2sc(C(=O)Nc3cccnc3Br)cc2c1. The average Bonchev–Trinajstić information content (AvgIpc) is 2.84. The molecule has 0 aliphatic carbocycles. The fraction of sp³-hybridized carbons (Fsp3) is 0. The van der Waals surface area contributed by atoms with Crippen molar-refractivity contribution in [3.63, 3.8) is 0 Å². The number of nitrogen functional groups attached to an aromatic ring is 1. The van der Waals surface area contributed by atoms with Crippen LogP contribution in [0.1, 0.15) is 9.67 Å². The van der Waals surface area contributed by atoms with Gasteiger partial charge in [0, 0.05) is 16.6 Å². The molecule has 0 saturated carbocycles. The molecule has 2 heterocycles. The summed E-state index contributed by atoms with van der Waals surface area (Å²) in [5.41, 5.74) is 7.08. The van der Waals surface area contributed by atoms with E-state index in [0.717, 1.165) is 10.1 Å². The molecule has 0 bridgehead atoms. The fourth-order valence-electron chi connectivity index (χ4n) is 1.84. The number of nitrogens with one attached hydrogen (secondary N) is 1. The quantitative estimate of drug-likeness (QED) is 0.545. The lowest BCUT2D eigenvalue weighted by Gasteiger charge is -2.04. The van der Waals surface area contributed by atoms with Crippen LogP contribution in [0.4, 0.5) is 11.4 Å². The summed E-state index contributed by atoms with van der Waals surface area (Å²) < 4.78 is 1.65. The Labute approximate surface area is 127 Å². The predicted molar refractivity (Wildman–Crippen MR) is 86.1 cm³/mol. The molecule has 0 aliphatic rings. The second kappa shape index (κ2) is 5.22. The number of hydrogen-bond donors (Lipinski definition) is 2. The van der Waals surface area contributed by atoms with E-state index in [2.05, 4.69) is 26.2 Å². The highest BCUT2D eigenvalue weighted by Crippen LogP contribution is 2.28. The minimum atomic E-state index is -0.154. The van der Waals surface area contributed by atoms with Crippen LogP contribution in [0.15, 0.2) is 47.2 Å². The Hall–Kier alpha value is -1.92. The number of aromatic nitrogens is 1. The van der Waals surface area contributed by atoms with Crippen molar-refractivity contribution in [1.29, 1.82) is 0 Å². The van der Waals surface area contributed by atoms with Crippen LogP contribution < -0.4 is 11.1 Å². The molecule has 20 heavy (non-hydrogen) atoms. The van der Waals surface area contributed by atoms with E-state index >= 15 is 0 Å². The molecule has 1 aromatic carbocycles. The maximum Gasteiger partial charge on any atom is 0.265 e. The second-order valence-electron chi connectivity index (χ2n) is 4.20. The van der Waals surface area contributed by atoms with Gasteiger partial charge in [0.2, 0.25) is 0 Å². The van der Waals surface area contributed by atoms with Gasteiger partial charge in [-0.15, -0.1) is 11.3 Å². The Morgan fingerprint density at radius 3 is 2.95 bits per heavy atom. The van der Waals surface area contributed by atoms with Crippen molar-refractivity contribution < 1.29 is 4.79 Å². The van der Waals surface area contributed by atoms with Crippen LogP contribution >= 0.6 is 27.3 Å². The smallest absolute Gasteiger partial charge is 0.265 e. The lowest BCUT2D eigenvalue weighted by molar-refractivity contribution is 0.103. The Bertz CT molecular complexity index is 800. The molecule has 0 radical (unpaired) electrons. The van der Waals surface area contributed by atoms with Gasteiger partial charge in [0.05, 0.1) is 10.6 Å². The maximum absolute atomic E-state index is 12.2. The number of benzene rings is 1. The zero-order valence-electron chi connectivity index (χ0n) is 10.3. The molecule has 3 aromatic rings. The Morgan fingerprint density at radius 2 is 2.15 bits per heavy atom. The van der Waals surface area contributed by atoms with E-state index < -0.39 is 0 Å². The van der Waals surface area contributed by atoms with Gasteiger partial charge in [-0.2, -0.15) is 0 Å². The molecule has 0 unspecified atom stereocenters. The van der Waals surface area contributed by atoms with Crippen molar-refractivity contribution in [2.75, 3.05) is 11.1 Å². The molecule has 3 N–H and O–H groups in total. The lowest BCUT2D eigenvalue weighted by Crippen LogP contribution is -2.10. The third-order valence-electron chi connectivity index (χ3n) is 2.77. The first-order valence-electron chi connectivity index (χ1n) is 5.84. The highest BCUT2D eigenvalue weighted by Gasteiger charge is 2.12. The van der Waals surface area contributed by atoms with E-state index in [0.29, 0.717) is 20.9 Å². The van der Waals surface area contributed by atoms with Crippen molar-refractivity contribution in [1.82, 2.24) is 4.98 Å². The summed E-state index contributed by atoms with van der Waals surface area (Å²) in [7, 11) is 0. The normalized spacial score (nSPS) is 10.7. The van der Waals surface area contributed by atoms with Gasteiger partial charge in [-0.25, -0.2) is 4.98 Å². The van der Waals surface area contributed by atoms with Gasteiger partial charge in [-0.05, 0) is 57.7 Å². The van der Waals surface area contributed by atoms with Gasteiger partial charge in [0.15, 0.2) is 0 Å². The van der Waals surface area contributed by atoms with Crippen LogP contribution in [0, 0.1) is 0 Å². The standard InChI is InChI=1S/C14H10BrN3OS/c15-13-10(2-1-5-17-13)18-14(19)12-7-8-6-9(16)3-4-11(8)20-12/h1-7H,16H2,(H,18,19). The number of halogens is 1. The number of carbonyl (C=O) groups is 1. The third-order valence-corrected chi connectivity index (χ3v) is 4.52. The number of carbonyl (C=O) groups excluding carboxylic acids is 1. The molecule has 0 spiro atoms. The monoisotopic (exact) mass is 347 g/mol. The van der Waals surface area contributed by atoms with Crippen molar-refractivity contribution >= 4 is 54.6 Å². The van der Waals surface area contributed by atoms with Crippen molar-refractivity contribution in [2.45, 2.75) is 0 Å². The number of nitrogens with two attached hydrogens (primary N) is 1. The Morgan fingerprint density at radius 1 is 1.30 bits per heavy atom. The van der Waals surface area contributed by atoms with Crippen LogP contribution in [-0.4, -0.2) is 10.9 Å². The number of amides is 1. The number of fused-ring (bicyclic) bond motifs is 1. The Kier molecular flexibility index (Phi) is 3.42.